The number of nitrogens with two attached hydrogens (primary N) is 1. The summed E-state index contributed by atoms with van der Waals surface area (Å²) in [5.41, 5.74) is 6.63. The van der Waals surface area contributed by atoms with Crippen molar-refractivity contribution in [3.05, 3.63) is 33.9 Å². The molecule has 2 unspecified atom stereocenters. The van der Waals surface area contributed by atoms with Gasteiger partial charge in [0, 0.05) is 12.1 Å². The smallest absolute Gasteiger partial charge is 0.311 e. The number of hydrogen-bond acceptors (Lipinski definition) is 5. The zero-order valence-electron chi connectivity index (χ0n) is 10.9. The van der Waals surface area contributed by atoms with Crippen LogP contribution >= 0.6 is 0 Å². The molecular formula is C13H18N2O4. The molecule has 0 bridgehead atoms. The van der Waals surface area contributed by atoms with Gasteiger partial charge in [0.1, 0.15) is 0 Å². The van der Waals surface area contributed by atoms with Gasteiger partial charge in [-0.05, 0) is 30.9 Å². The quantitative estimate of drug-likeness (QED) is 0.650. The standard InChI is InChI=1S/C13H18N2O4/c1-18-13-6-5-9(7-11(13)15(16)17)8-19-12-4-2-3-10(12)14/h5-7,10,12H,2-4,8,14H2,1H3. The van der Waals surface area contributed by atoms with Gasteiger partial charge in [-0.1, -0.05) is 6.07 Å². The normalized spacial score (nSPS) is 22.4. The molecule has 2 atom stereocenters. The summed E-state index contributed by atoms with van der Waals surface area (Å²) in [4.78, 5) is 10.5. The van der Waals surface area contributed by atoms with Crippen molar-refractivity contribution in [3.63, 3.8) is 0 Å². The molecular weight excluding hydrogens is 248 g/mol. The molecule has 1 fully saturated rings. The minimum atomic E-state index is -0.455. The average Bonchev–Trinajstić information content (AvgIpc) is 2.81. The van der Waals surface area contributed by atoms with Crippen molar-refractivity contribution in [1.29, 1.82) is 0 Å². The SMILES string of the molecule is COc1ccc(COC2CCCC2N)cc1[N+](=O)[O-]. The zero-order valence-corrected chi connectivity index (χ0v) is 10.9. The molecule has 0 saturated heterocycles. The van der Waals surface area contributed by atoms with E-state index in [1.54, 1.807) is 12.1 Å². The van der Waals surface area contributed by atoms with Crippen LogP contribution in [0.2, 0.25) is 0 Å². The van der Waals surface area contributed by atoms with Crippen molar-refractivity contribution >= 4 is 5.69 Å². The Morgan fingerprint density at radius 1 is 1.47 bits per heavy atom. The molecule has 2 rings (SSSR count). The Morgan fingerprint density at radius 2 is 2.26 bits per heavy atom. The Balaban J connectivity index is 2.04. The lowest BCUT2D eigenvalue weighted by molar-refractivity contribution is -0.385. The van der Waals surface area contributed by atoms with Crippen molar-refractivity contribution in [1.82, 2.24) is 0 Å². The first-order valence-electron chi connectivity index (χ1n) is 6.30. The summed E-state index contributed by atoms with van der Waals surface area (Å²) >= 11 is 0. The number of methoxy groups -OCH3 is 1. The molecule has 0 amide bonds. The third kappa shape index (κ3) is 3.21. The second-order valence-electron chi connectivity index (χ2n) is 4.71. The summed E-state index contributed by atoms with van der Waals surface area (Å²) in [5.74, 6) is 0.256. The number of ether oxygens (including phenoxy) is 2. The van der Waals surface area contributed by atoms with Gasteiger partial charge in [0.25, 0.3) is 0 Å². The van der Waals surface area contributed by atoms with E-state index in [-0.39, 0.29) is 23.6 Å². The Kier molecular flexibility index (Phi) is 4.34. The summed E-state index contributed by atoms with van der Waals surface area (Å²) in [6.07, 6.45) is 3.07. The maximum Gasteiger partial charge on any atom is 0.311 e. The van der Waals surface area contributed by atoms with E-state index in [9.17, 15) is 10.1 Å². The monoisotopic (exact) mass is 266 g/mol. The number of nitro groups is 1. The highest BCUT2D eigenvalue weighted by molar-refractivity contribution is 5.48. The van der Waals surface area contributed by atoms with Gasteiger partial charge < -0.3 is 15.2 Å². The van der Waals surface area contributed by atoms with Gasteiger partial charge in [0.15, 0.2) is 5.75 Å². The number of hydrogen-bond donors (Lipinski definition) is 1. The Bertz CT molecular complexity index is 464. The predicted octanol–water partition coefficient (Wildman–Crippen LogP) is 2.00. The van der Waals surface area contributed by atoms with Crippen LogP contribution in [0.15, 0.2) is 18.2 Å². The molecule has 0 heterocycles. The zero-order chi connectivity index (χ0) is 13.8. The second-order valence-corrected chi connectivity index (χ2v) is 4.71. The van der Waals surface area contributed by atoms with Crippen molar-refractivity contribution in [2.75, 3.05) is 7.11 Å². The first-order valence-corrected chi connectivity index (χ1v) is 6.30. The molecule has 19 heavy (non-hydrogen) atoms. The molecule has 0 aromatic heterocycles. The molecule has 1 aromatic rings. The maximum absolute atomic E-state index is 10.9. The van der Waals surface area contributed by atoms with E-state index >= 15 is 0 Å². The van der Waals surface area contributed by atoms with Crippen LogP contribution in [0, 0.1) is 10.1 Å². The first kappa shape index (κ1) is 13.8. The van der Waals surface area contributed by atoms with E-state index in [4.69, 9.17) is 15.2 Å². The van der Waals surface area contributed by atoms with Crippen LogP contribution in [-0.4, -0.2) is 24.2 Å². The van der Waals surface area contributed by atoms with E-state index < -0.39 is 4.92 Å². The summed E-state index contributed by atoms with van der Waals surface area (Å²) in [7, 11) is 1.41. The fraction of sp³-hybridized carbons (Fsp3) is 0.538. The minimum absolute atomic E-state index is 0.0423. The average molecular weight is 266 g/mol. The molecule has 104 valence electrons. The van der Waals surface area contributed by atoms with E-state index in [1.807, 2.05) is 0 Å². The number of nitrogens with zero attached hydrogens (tertiary/aromatic N) is 1. The van der Waals surface area contributed by atoms with Crippen molar-refractivity contribution in [3.8, 4) is 5.75 Å². The highest BCUT2D eigenvalue weighted by Crippen LogP contribution is 2.28. The van der Waals surface area contributed by atoms with Crippen molar-refractivity contribution in [2.45, 2.75) is 38.0 Å². The van der Waals surface area contributed by atoms with Crippen LogP contribution in [0.5, 0.6) is 5.75 Å². The molecule has 1 saturated carbocycles. The van der Waals surface area contributed by atoms with Gasteiger partial charge in [0.2, 0.25) is 0 Å². The first-order chi connectivity index (χ1) is 9.11. The molecule has 0 spiro atoms. The molecule has 1 aromatic carbocycles. The van der Waals surface area contributed by atoms with E-state index in [0.29, 0.717) is 6.61 Å². The Hall–Kier alpha value is -1.66. The maximum atomic E-state index is 10.9. The van der Waals surface area contributed by atoms with Gasteiger partial charge in [-0.25, -0.2) is 0 Å². The fourth-order valence-corrected chi connectivity index (χ4v) is 2.33. The largest absolute Gasteiger partial charge is 0.490 e. The summed E-state index contributed by atoms with van der Waals surface area (Å²) < 4.78 is 10.7. The van der Waals surface area contributed by atoms with Gasteiger partial charge in [-0.3, -0.25) is 10.1 Å². The Morgan fingerprint density at radius 3 is 2.84 bits per heavy atom. The summed E-state index contributed by atoms with van der Waals surface area (Å²) in [6.45, 7) is 0.337. The molecule has 0 aliphatic heterocycles. The topological polar surface area (TPSA) is 87.6 Å². The van der Waals surface area contributed by atoms with Gasteiger partial charge in [0.05, 0.1) is 24.7 Å². The lowest BCUT2D eigenvalue weighted by Gasteiger charge is -2.16. The molecule has 6 heteroatoms. The van der Waals surface area contributed by atoms with E-state index in [2.05, 4.69) is 0 Å². The van der Waals surface area contributed by atoms with Crippen LogP contribution in [0.1, 0.15) is 24.8 Å². The van der Waals surface area contributed by atoms with Crippen LogP contribution in [0.25, 0.3) is 0 Å². The molecule has 1 aliphatic carbocycles. The van der Waals surface area contributed by atoms with Gasteiger partial charge >= 0.3 is 5.69 Å². The third-order valence-electron chi connectivity index (χ3n) is 3.41. The lowest BCUT2D eigenvalue weighted by atomic mass is 10.2. The second kappa shape index (κ2) is 5.99. The van der Waals surface area contributed by atoms with Gasteiger partial charge in [-0.15, -0.1) is 0 Å². The van der Waals surface area contributed by atoms with Crippen LogP contribution in [0.4, 0.5) is 5.69 Å². The highest BCUT2D eigenvalue weighted by Gasteiger charge is 2.24. The molecule has 1 aliphatic rings. The number of benzene rings is 1. The van der Waals surface area contributed by atoms with Crippen LogP contribution < -0.4 is 10.5 Å². The third-order valence-corrected chi connectivity index (χ3v) is 3.41. The van der Waals surface area contributed by atoms with E-state index in [1.165, 1.54) is 13.2 Å². The number of nitro benzene ring substituents is 1. The molecule has 0 radical (unpaired) electrons. The lowest BCUT2D eigenvalue weighted by Crippen LogP contribution is -2.31. The molecule has 6 nitrogen and oxygen atoms in total. The Labute approximate surface area is 111 Å². The summed E-state index contributed by atoms with van der Waals surface area (Å²) in [6, 6.07) is 4.92. The number of rotatable bonds is 5. The van der Waals surface area contributed by atoms with Gasteiger partial charge in [-0.2, -0.15) is 0 Å². The van der Waals surface area contributed by atoms with E-state index in [0.717, 1.165) is 24.8 Å². The van der Waals surface area contributed by atoms with Crippen molar-refractivity contribution < 1.29 is 14.4 Å². The molecule has 2 N–H and O–H groups in total. The van der Waals surface area contributed by atoms with Crippen LogP contribution in [-0.2, 0) is 11.3 Å². The summed E-state index contributed by atoms with van der Waals surface area (Å²) in [5, 5.41) is 10.9. The highest BCUT2D eigenvalue weighted by atomic mass is 16.6. The van der Waals surface area contributed by atoms with Crippen molar-refractivity contribution in [2.24, 2.45) is 5.73 Å². The predicted molar refractivity (Wildman–Crippen MR) is 70.1 cm³/mol. The van der Waals surface area contributed by atoms with Crippen LogP contribution in [0.3, 0.4) is 0 Å². The fourth-order valence-electron chi connectivity index (χ4n) is 2.33. The minimum Gasteiger partial charge on any atom is -0.490 e.